The molecule has 14 aliphatic carbocycles. The number of pyridine rings is 1. The van der Waals surface area contributed by atoms with Crippen LogP contribution >= 0.6 is 0 Å². The summed E-state index contributed by atoms with van der Waals surface area (Å²) in [6.45, 7) is 19.1. The molecule has 8 bridgehead atoms. The van der Waals surface area contributed by atoms with Crippen molar-refractivity contribution in [1.82, 2.24) is 4.98 Å². The molecule has 8 saturated carbocycles. The second-order valence-electron chi connectivity index (χ2n) is 41.7. The Morgan fingerprint density at radius 3 is 1.00 bits per heavy atom. The van der Waals surface area contributed by atoms with E-state index in [1.54, 1.807) is 22.3 Å². The van der Waals surface area contributed by atoms with E-state index >= 15 is 0 Å². The van der Waals surface area contributed by atoms with Gasteiger partial charge in [-0.2, -0.15) is 0 Å². The molecule has 3 heteroatoms. The van der Waals surface area contributed by atoms with Gasteiger partial charge in [0.25, 0.3) is 0 Å². The van der Waals surface area contributed by atoms with Gasteiger partial charge in [0.1, 0.15) is 0 Å². The molecule has 2 spiro atoms. The van der Waals surface area contributed by atoms with Gasteiger partial charge >= 0.3 is 0 Å². The highest BCUT2D eigenvalue weighted by molar-refractivity contribution is 6.01. The minimum absolute atomic E-state index is 0.103. The molecule has 0 N–H and O–H groups in total. The summed E-state index contributed by atoms with van der Waals surface area (Å²) < 4.78 is 0. The Balaban J connectivity index is 0.000000133. The zero-order valence-corrected chi connectivity index (χ0v) is 72.6. The van der Waals surface area contributed by atoms with Crippen LogP contribution in [0.2, 0.25) is 0 Å². The number of hydrogen-bond acceptors (Lipinski definition) is 3. The first-order chi connectivity index (χ1) is 60.4. The molecular formula is C121H105N3. The molecule has 1 aromatic heterocycles. The zero-order valence-electron chi connectivity index (χ0n) is 72.6. The van der Waals surface area contributed by atoms with Crippen LogP contribution in [-0.4, -0.2) is 4.98 Å². The van der Waals surface area contributed by atoms with E-state index in [-0.39, 0.29) is 32.5 Å². The highest BCUT2D eigenvalue weighted by Crippen LogP contribution is 2.72. The van der Waals surface area contributed by atoms with E-state index in [4.69, 9.17) is 4.98 Å². The molecular weight excluding hydrogens is 1500 g/mol. The van der Waals surface area contributed by atoms with Crippen LogP contribution in [-0.2, 0) is 32.5 Å². The van der Waals surface area contributed by atoms with Crippen molar-refractivity contribution >= 4 is 34.1 Å². The van der Waals surface area contributed by atoms with Gasteiger partial charge in [-0.05, 0) is 329 Å². The zero-order chi connectivity index (χ0) is 82.8. The summed E-state index contributed by atoms with van der Waals surface area (Å²) in [7, 11) is 0. The van der Waals surface area contributed by atoms with Crippen LogP contribution in [0.25, 0.3) is 100 Å². The van der Waals surface area contributed by atoms with Crippen LogP contribution in [0, 0.1) is 47.3 Å². The minimum atomic E-state index is -0.126. The molecule has 14 aliphatic rings. The van der Waals surface area contributed by atoms with Crippen molar-refractivity contribution in [2.24, 2.45) is 47.3 Å². The molecule has 29 rings (SSSR count). The molecule has 604 valence electrons. The summed E-state index contributed by atoms with van der Waals surface area (Å²) in [5.74, 6) is 6.74. The lowest BCUT2D eigenvalue weighted by molar-refractivity contribution is -0.0399. The van der Waals surface area contributed by atoms with Gasteiger partial charge in [-0.3, -0.25) is 4.98 Å². The summed E-state index contributed by atoms with van der Waals surface area (Å²) in [6, 6.07) is 122. The predicted octanol–water partition coefficient (Wildman–Crippen LogP) is 31.4. The fourth-order valence-electron chi connectivity index (χ4n) is 29.5. The molecule has 0 saturated heterocycles. The summed E-state index contributed by atoms with van der Waals surface area (Å²) in [5.41, 5.74) is 48.3. The quantitative estimate of drug-likeness (QED) is 0.144. The topological polar surface area (TPSA) is 19.4 Å². The van der Waals surface area contributed by atoms with Crippen molar-refractivity contribution in [1.29, 1.82) is 0 Å². The molecule has 15 aromatic rings. The van der Waals surface area contributed by atoms with E-state index in [1.165, 1.54) is 232 Å². The Kier molecular flexibility index (Phi) is 15.5. The van der Waals surface area contributed by atoms with Gasteiger partial charge in [0.2, 0.25) is 0 Å². The first kappa shape index (κ1) is 73.4. The third-order valence-electron chi connectivity index (χ3n) is 34.4. The molecule has 0 unspecified atom stereocenters. The van der Waals surface area contributed by atoms with Crippen LogP contribution in [0.5, 0.6) is 0 Å². The van der Waals surface area contributed by atoms with Crippen LogP contribution in [0.1, 0.15) is 186 Å². The van der Waals surface area contributed by atoms with Gasteiger partial charge in [-0.1, -0.05) is 298 Å². The van der Waals surface area contributed by atoms with Crippen molar-refractivity contribution in [3.05, 3.63) is 388 Å². The first-order valence-electron chi connectivity index (χ1n) is 46.6. The monoisotopic (exact) mass is 1600 g/mol. The number of benzene rings is 14. The third-order valence-corrected chi connectivity index (χ3v) is 34.4. The molecule has 0 atom stereocenters. The predicted molar refractivity (Wildman–Crippen MR) is 513 cm³/mol. The summed E-state index contributed by atoms with van der Waals surface area (Å²) in [4.78, 5) is 10.3. The van der Waals surface area contributed by atoms with E-state index in [1.807, 2.05) is 6.20 Å². The first-order valence-corrected chi connectivity index (χ1v) is 46.6. The number of aromatic nitrogens is 1. The number of rotatable bonds is 9. The van der Waals surface area contributed by atoms with E-state index in [9.17, 15) is 0 Å². The summed E-state index contributed by atoms with van der Waals surface area (Å²) in [6.07, 6.45) is 16.2. The smallest absolute Gasteiger partial charge is 0.0723 e. The van der Waals surface area contributed by atoms with E-state index < -0.39 is 0 Å². The van der Waals surface area contributed by atoms with Crippen molar-refractivity contribution < 1.29 is 0 Å². The number of anilines is 6. The largest absolute Gasteiger partial charge is 0.310 e. The maximum Gasteiger partial charge on any atom is 0.0723 e. The lowest BCUT2D eigenvalue weighted by atomic mass is 9.43. The standard InChI is InChI=1S/C64H55N.C57H50N2/c1-62(2)55-21-12-10-19-51(55)61-58(62)23-14-24-60(61)65(46-27-29-50-48-17-8-11-20-54(48)63(3,4)59(50)38-46)45-26-28-47(41-15-6-5-7-16-41)52(37-45)42-25-30-57-53(36-42)49-18-9-13-22-56(49)64(57)43-32-39-31-40(34-43)35-44(64)33-39;1-55(2)47-16-9-7-14-44(47)54-50(55)18-11-19-53(54)59(39-21-22-43-41-12-5-8-15-46(41)56(3,4)51(43)32-39)40-24-25-58-52(33-40)36-20-23-49-45(31-36)42-13-6-10-17-48(42)57(49)37-27-34-26-35(29-37)30-38(57)28-34/h5-30,36-40,43-44H,31-35H2,1-4H3;5-25,31-35,37-38H,26-30H2,1-4H3. The van der Waals surface area contributed by atoms with Gasteiger partial charge in [0.15, 0.2) is 0 Å². The van der Waals surface area contributed by atoms with Gasteiger partial charge in [-0.25, -0.2) is 0 Å². The molecule has 14 aromatic carbocycles. The van der Waals surface area contributed by atoms with Crippen molar-refractivity contribution in [2.75, 3.05) is 9.80 Å². The van der Waals surface area contributed by atoms with Crippen LogP contribution in [0.4, 0.5) is 34.1 Å². The van der Waals surface area contributed by atoms with Crippen molar-refractivity contribution in [2.45, 2.75) is 152 Å². The second-order valence-corrected chi connectivity index (χ2v) is 41.7. The Labute approximate surface area is 732 Å². The third kappa shape index (κ3) is 9.99. The van der Waals surface area contributed by atoms with Crippen LogP contribution in [0.3, 0.4) is 0 Å². The number of hydrogen-bond donors (Lipinski definition) is 0. The van der Waals surface area contributed by atoms with Gasteiger partial charge in [-0.15, -0.1) is 0 Å². The molecule has 124 heavy (non-hydrogen) atoms. The Morgan fingerprint density at radius 2 is 0.548 bits per heavy atom. The number of fused-ring (bicyclic) bond motifs is 18. The van der Waals surface area contributed by atoms with Gasteiger partial charge in [0, 0.05) is 78.1 Å². The maximum absolute atomic E-state index is 5.15. The average Bonchev–Trinajstić information content (AvgIpc) is 1.48. The molecule has 1 heterocycles. The molecule has 0 radical (unpaired) electrons. The van der Waals surface area contributed by atoms with Gasteiger partial charge < -0.3 is 9.80 Å². The molecule has 3 nitrogen and oxygen atoms in total. The molecule has 8 fully saturated rings. The highest BCUT2D eigenvalue weighted by atomic mass is 15.2. The molecule has 0 aliphatic heterocycles. The Hall–Kier alpha value is -12.2. The lowest BCUT2D eigenvalue weighted by Gasteiger charge is -2.61. The number of nitrogens with zero attached hydrogens (tertiary/aromatic N) is 3. The van der Waals surface area contributed by atoms with Crippen molar-refractivity contribution in [3.8, 4) is 100 Å². The molecule has 0 amide bonds. The van der Waals surface area contributed by atoms with Crippen LogP contribution in [0.15, 0.2) is 322 Å². The van der Waals surface area contributed by atoms with Crippen molar-refractivity contribution in [3.63, 3.8) is 0 Å². The second kappa shape index (κ2) is 26.2. The summed E-state index contributed by atoms with van der Waals surface area (Å²) in [5, 5.41) is 0. The SMILES string of the molecule is CC1(C)c2ccccc2-c2ccc(N(c3ccc(-c4ccccc4)c(-c4ccc5c(c4)-c4ccccc4C54C5CC6CC(C5)CC4C6)c3)c3cccc4c3-c3ccccc3C4(C)C)cc21.CC1(C)c2ccccc2-c2ccc(N(c3ccnc(-c4ccc5c(c4)-c4ccccc4C54C5CC6CC(C5)CC4C6)c3)c3cccc4c3-c3ccccc3C4(C)C)cc21. The Bertz CT molecular complexity index is 7000. The minimum Gasteiger partial charge on any atom is -0.310 e. The average molecular weight is 1600 g/mol. The van der Waals surface area contributed by atoms with E-state index in [0.29, 0.717) is 0 Å². The van der Waals surface area contributed by atoms with E-state index in [2.05, 4.69) is 381 Å². The lowest BCUT2D eigenvalue weighted by Crippen LogP contribution is -2.55. The fraction of sp³-hybridized carbons (Fsp3) is 0.264. The van der Waals surface area contributed by atoms with Gasteiger partial charge in [0.05, 0.1) is 17.1 Å². The normalized spacial score (nSPS) is 24.3. The highest BCUT2D eigenvalue weighted by Gasteiger charge is 2.64. The van der Waals surface area contributed by atoms with Crippen LogP contribution < -0.4 is 9.80 Å². The Morgan fingerprint density at radius 1 is 0.218 bits per heavy atom. The summed E-state index contributed by atoms with van der Waals surface area (Å²) >= 11 is 0. The maximum atomic E-state index is 5.15. The fourth-order valence-corrected chi connectivity index (χ4v) is 29.5. The van der Waals surface area contributed by atoms with E-state index in [0.717, 1.165) is 58.7 Å².